The minimum Gasteiger partial charge on any atom is -1.00 e. The summed E-state index contributed by atoms with van der Waals surface area (Å²) in [4.78, 5) is 2.25. The van der Waals surface area contributed by atoms with Crippen LogP contribution in [-0.2, 0) is 12.0 Å². The summed E-state index contributed by atoms with van der Waals surface area (Å²) in [6, 6.07) is 20.4. The summed E-state index contributed by atoms with van der Waals surface area (Å²) in [6.45, 7) is 7.56. The molecule has 0 saturated heterocycles. The second-order valence-electron chi connectivity index (χ2n) is 6.03. The van der Waals surface area contributed by atoms with E-state index in [-0.39, 0.29) is 45.4 Å². The fourth-order valence-electron chi connectivity index (χ4n) is 2.08. The van der Waals surface area contributed by atoms with Gasteiger partial charge in [-0.3, -0.25) is 0 Å². The zero-order valence-electron chi connectivity index (χ0n) is 13.4. The summed E-state index contributed by atoms with van der Waals surface area (Å²) in [7, 11) is 2.12. The fraction of sp³-hybridized carbons (Fsp3) is 0.333. The second kappa shape index (κ2) is 8.81. The van der Waals surface area contributed by atoms with E-state index in [0.717, 1.165) is 6.54 Å². The number of benzene rings is 2. The van der Waals surface area contributed by atoms with Gasteiger partial charge in [0.25, 0.3) is 0 Å². The Morgan fingerprint density at radius 2 is 1.57 bits per heavy atom. The van der Waals surface area contributed by atoms with E-state index in [0.29, 0.717) is 0 Å². The third kappa shape index (κ3) is 6.01. The van der Waals surface area contributed by atoms with Gasteiger partial charge in [-0.15, -0.1) is 5.56 Å². The maximum atomic E-state index is 3.54. The second-order valence-corrected chi connectivity index (χ2v) is 6.03. The van der Waals surface area contributed by atoms with E-state index in [1.165, 1.54) is 16.8 Å². The van der Waals surface area contributed by atoms with Gasteiger partial charge in [0.15, 0.2) is 0 Å². The molecule has 0 aromatic heterocycles. The smallest absolute Gasteiger partial charge is 1.00 e. The number of para-hydroxylation sites is 1. The summed E-state index contributed by atoms with van der Waals surface area (Å²) in [5.41, 5.74) is 3.89. The van der Waals surface area contributed by atoms with Crippen molar-refractivity contribution in [2.24, 2.45) is 0 Å². The molecule has 0 aliphatic heterocycles. The van der Waals surface area contributed by atoms with E-state index < -0.39 is 0 Å². The molecule has 0 radical (unpaired) electrons. The van der Waals surface area contributed by atoms with Crippen molar-refractivity contribution in [2.45, 2.75) is 32.7 Å². The number of halogens is 1. The molecule has 2 aromatic carbocycles. The van der Waals surface area contributed by atoms with Gasteiger partial charge in [-0.2, -0.15) is 29.8 Å². The van der Waals surface area contributed by atoms with E-state index in [4.69, 9.17) is 0 Å². The van der Waals surface area contributed by atoms with Crippen molar-refractivity contribution in [2.75, 3.05) is 11.9 Å². The van der Waals surface area contributed by atoms with Crippen LogP contribution in [0.1, 0.15) is 31.9 Å². The molecule has 0 aliphatic carbocycles. The summed E-state index contributed by atoms with van der Waals surface area (Å²) >= 11 is 0. The summed E-state index contributed by atoms with van der Waals surface area (Å²) < 4.78 is 0. The maximum absolute atomic E-state index is 3.54. The van der Waals surface area contributed by atoms with Crippen molar-refractivity contribution in [3.63, 3.8) is 0 Å². The molecule has 3 heteroatoms. The number of hydrogen-bond acceptors (Lipinski definition) is 1. The predicted octanol–water partition coefficient (Wildman–Crippen LogP) is 1.04. The third-order valence-corrected chi connectivity index (χ3v) is 3.27. The topological polar surface area (TPSA) is 3.24 Å². The molecule has 0 aliphatic rings. The molecule has 0 saturated carbocycles. The first-order valence-electron chi connectivity index (χ1n) is 6.75. The first kappa shape index (κ1) is 20.5. The third-order valence-electron chi connectivity index (χ3n) is 3.27. The molecule has 2 rings (SSSR count). The van der Waals surface area contributed by atoms with Crippen molar-refractivity contribution in [1.29, 1.82) is 0 Å². The quantitative estimate of drug-likeness (QED) is 0.587. The fourth-order valence-corrected chi connectivity index (χ4v) is 2.08. The molecule has 2 aromatic rings. The molecule has 108 valence electrons. The van der Waals surface area contributed by atoms with Gasteiger partial charge in [0, 0.05) is 19.3 Å². The van der Waals surface area contributed by atoms with Gasteiger partial charge in [0.1, 0.15) is 0 Å². The number of rotatable bonds is 3. The van der Waals surface area contributed by atoms with Crippen LogP contribution in [0.4, 0.5) is 5.69 Å². The molecule has 1 nitrogen and oxygen atoms in total. The van der Waals surface area contributed by atoms with Crippen molar-refractivity contribution in [1.82, 2.24) is 0 Å². The molecule has 0 unspecified atom stereocenters. The van der Waals surface area contributed by atoms with E-state index >= 15 is 0 Å². The largest absolute Gasteiger partial charge is 2.00 e. The number of anilines is 1. The molecule has 0 fully saturated rings. The molecule has 0 N–H and O–H groups in total. The first-order valence-corrected chi connectivity index (χ1v) is 6.75. The molecule has 0 bridgehead atoms. The van der Waals surface area contributed by atoms with Gasteiger partial charge < -0.3 is 21.9 Å². The Hall–Kier alpha value is -0.514. The van der Waals surface area contributed by atoms with Crippen LogP contribution in [-0.4, -0.2) is 30.1 Å². The monoisotopic (exact) mass is 355 g/mol. The molecule has 0 heterocycles. The molecule has 0 atom stereocenters. The van der Waals surface area contributed by atoms with Crippen molar-refractivity contribution >= 4 is 28.7 Å². The van der Waals surface area contributed by atoms with Crippen LogP contribution in [0.15, 0.2) is 48.5 Å². The van der Waals surface area contributed by atoms with Crippen molar-refractivity contribution in [3.8, 4) is 0 Å². The average molecular weight is 357 g/mol. The van der Waals surface area contributed by atoms with E-state index in [9.17, 15) is 0 Å². The van der Waals surface area contributed by atoms with Crippen LogP contribution in [0, 0.1) is 6.07 Å². The van der Waals surface area contributed by atoms with Crippen LogP contribution in [0.3, 0.4) is 0 Å². The number of hydrogen-bond donors (Lipinski definition) is 0. The van der Waals surface area contributed by atoms with Crippen LogP contribution >= 0.6 is 0 Å². The molecular formula is C18H22BrMgN. The van der Waals surface area contributed by atoms with Gasteiger partial charge in [-0.1, -0.05) is 39.0 Å². The van der Waals surface area contributed by atoms with E-state index in [1.54, 1.807) is 0 Å². The summed E-state index contributed by atoms with van der Waals surface area (Å²) in [6.07, 6.45) is 0. The predicted molar refractivity (Wildman–Crippen MR) is 88.3 cm³/mol. The van der Waals surface area contributed by atoms with E-state index in [2.05, 4.69) is 81.2 Å². The summed E-state index contributed by atoms with van der Waals surface area (Å²) in [5.74, 6) is 0. The average Bonchev–Trinajstić information content (AvgIpc) is 2.39. The van der Waals surface area contributed by atoms with Gasteiger partial charge in [0.2, 0.25) is 0 Å². The Balaban J connectivity index is 0.00000200. The van der Waals surface area contributed by atoms with Crippen molar-refractivity contribution in [3.05, 3.63) is 65.7 Å². The molecule has 0 amide bonds. The zero-order valence-corrected chi connectivity index (χ0v) is 16.4. The van der Waals surface area contributed by atoms with Crippen molar-refractivity contribution < 1.29 is 17.0 Å². The van der Waals surface area contributed by atoms with Gasteiger partial charge in [-0.25, -0.2) is 0 Å². The Bertz CT molecular complexity index is 534. The summed E-state index contributed by atoms with van der Waals surface area (Å²) in [5, 5.41) is 0. The molecule has 21 heavy (non-hydrogen) atoms. The Labute approximate surface area is 155 Å². The van der Waals surface area contributed by atoms with Gasteiger partial charge >= 0.3 is 23.1 Å². The van der Waals surface area contributed by atoms with Gasteiger partial charge in [0.05, 0.1) is 0 Å². The molecular weight excluding hydrogens is 334 g/mol. The zero-order chi connectivity index (χ0) is 13.9. The van der Waals surface area contributed by atoms with Crippen LogP contribution in [0.2, 0.25) is 0 Å². The standard InChI is InChI=1S/C18H22N.BrH.Mg/c1-18(2,3)16-10-8-9-15(13-16)14-19(4)17-11-6-5-7-12-17;;/h5-12H,14H2,1-4H3;1H;/q-1;;+2/p-1. The maximum Gasteiger partial charge on any atom is 2.00 e. The number of nitrogens with zero attached hydrogens (tertiary/aromatic N) is 1. The Kier molecular flexibility index (Phi) is 8.60. The van der Waals surface area contributed by atoms with Crippen LogP contribution in [0.25, 0.3) is 0 Å². The Morgan fingerprint density at radius 3 is 2.14 bits per heavy atom. The first-order chi connectivity index (χ1) is 8.97. The van der Waals surface area contributed by atoms with Crippen LogP contribution in [0.5, 0.6) is 0 Å². The SMILES string of the molecule is CN(Cc1[c-]c(C(C)(C)C)ccc1)c1ccccc1.[Br-].[Mg+2]. The van der Waals surface area contributed by atoms with Gasteiger partial charge in [-0.05, 0) is 17.5 Å². The normalized spacial score (nSPS) is 10.3. The van der Waals surface area contributed by atoms with E-state index in [1.807, 2.05) is 6.07 Å². The Morgan fingerprint density at radius 1 is 0.952 bits per heavy atom. The molecule has 0 spiro atoms. The van der Waals surface area contributed by atoms with Crippen LogP contribution < -0.4 is 21.9 Å². The minimum absolute atomic E-state index is 0. The minimum atomic E-state index is 0.